The highest BCUT2D eigenvalue weighted by Crippen LogP contribution is 2.41. The maximum Gasteiger partial charge on any atom is 0.337 e. The molecule has 2 heterocycles. The molecule has 2 saturated heterocycles. The summed E-state index contributed by atoms with van der Waals surface area (Å²) in [7, 11) is 0. The van der Waals surface area contributed by atoms with Crippen molar-refractivity contribution in [2.75, 3.05) is 6.54 Å². The van der Waals surface area contributed by atoms with Gasteiger partial charge in [0.25, 0.3) is 0 Å². The molecule has 1 saturated carbocycles. The number of aryl methyl sites for hydroxylation is 2. The monoisotopic (exact) mass is 517 g/mol. The van der Waals surface area contributed by atoms with Gasteiger partial charge in [-0.2, -0.15) is 5.43 Å². The summed E-state index contributed by atoms with van der Waals surface area (Å²) in [5.41, 5.74) is 7.71. The highest BCUT2D eigenvalue weighted by Gasteiger charge is 2.56. The molecule has 0 aromatic heterocycles. The van der Waals surface area contributed by atoms with Crippen molar-refractivity contribution in [2.45, 2.75) is 72.4 Å². The normalized spacial score (nSPS) is 25.0. The number of rotatable bonds is 7. The van der Waals surface area contributed by atoms with Gasteiger partial charge in [-0.15, -0.1) is 0 Å². The molecule has 3 aliphatic rings. The topological polar surface area (TPSA) is 85.0 Å². The Kier molecular flexibility index (Phi) is 7.43. The molecule has 2 aromatic carbocycles. The summed E-state index contributed by atoms with van der Waals surface area (Å²) in [5.74, 6) is -0.0681. The van der Waals surface area contributed by atoms with Crippen LogP contribution in [-0.2, 0) is 22.7 Å². The zero-order chi connectivity index (χ0) is 27.0. The lowest BCUT2D eigenvalue weighted by Gasteiger charge is -2.49. The zero-order valence-electron chi connectivity index (χ0n) is 22.8. The molecule has 2 aromatic rings. The van der Waals surface area contributed by atoms with E-state index in [4.69, 9.17) is 0 Å². The van der Waals surface area contributed by atoms with Crippen LogP contribution in [0.25, 0.3) is 0 Å². The summed E-state index contributed by atoms with van der Waals surface area (Å²) in [6.07, 6.45) is 1.17. The SMILES string of the molecule is Cc1ccc(CN2C(=O)C3CCC(C(=O)NCC(C)C)CC3N3C(=O)N(Cc4ccccc4C)NC23)cc1. The van der Waals surface area contributed by atoms with Gasteiger partial charge in [-0.05, 0) is 55.7 Å². The van der Waals surface area contributed by atoms with Gasteiger partial charge in [0.05, 0.1) is 12.5 Å². The molecule has 3 fully saturated rings. The second kappa shape index (κ2) is 10.8. The molecule has 4 amide bonds. The Morgan fingerprint density at radius 3 is 2.47 bits per heavy atom. The van der Waals surface area contributed by atoms with Crippen LogP contribution >= 0.6 is 0 Å². The maximum absolute atomic E-state index is 13.9. The van der Waals surface area contributed by atoms with Crippen molar-refractivity contribution in [2.24, 2.45) is 17.8 Å². The summed E-state index contributed by atoms with van der Waals surface area (Å²) in [5, 5.41) is 4.69. The Morgan fingerprint density at radius 2 is 1.76 bits per heavy atom. The number of urea groups is 1. The summed E-state index contributed by atoms with van der Waals surface area (Å²) < 4.78 is 0. The van der Waals surface area contributed by atoms with E-state index in [2.05, 4.69) is 24.6 Å². The van der Waals surface area contributed by atoms with E-state index in [0.29, 0.717) is 44.8 Å². The van der Waals surface area contributed by atoms with Crippen LogP contribution in [0.4, 0.5) is 4.79 Å². The van der Waals surface area contributed by atoms with E-state index >= 15 is 0 Å². The first-order valence-corrected chi connectivity index (χ1v) is 13.8. The molecule has 1 aliphatic carbocycles. The second-order valence-electron chi connectivity index (χ2n) is 11.5. The fourth-order valence-electron chi connectivity index (χ4n) is 5.93. The molecule has 0 radical (unpaired) electrons. The van der Waals surface area contributed by atoms with Gasteiger partial charge in [-0.1, -0.05) is 67.9 Å². The second-order valence-corrected chi connectivity index (χ2v) is 11.5. The molecule has 0 bridgehead atoms. The van der Waals surface area contributed by atoms with E-state index in [0.717, 1.165) is 22.3 Å². The Hall–Kier alpha value is -3.39. The third kappa shape index (κ3) is 5.14. The number of carbonyl (C=O) groups excluding carboxylic acids is 3. The van der Waals surface area contributed by atoms with Crippen molar-refractivity contribution in [1.82, 2.24) is 25.6 Å². The predicted molar refractivity (Wildman–Crippen MR) is 145 cm³/mol. The molecule has 2 N–H and O–H groups in total. The minimum absolute atomic E-state index is 0.0274. The van der Waals surface area contributed by atoms with Crippen molar-refractivity contribution in [3.63, 3.8) is 0 Å². The van der Waals surface area contributed by atoms with E-state index in [-0.39, 0.29) is 35.7 Å². The molecule has 2 aliphatic heterocycles. The zero-order valence-corrected chi connectivity index (χ0v) is 22.8. The van der Waals surface area contributed by atoms with Crippen molar-refractivity contribution in [1.29, 1.82) is 0 Å². The number of hydrogen-bond donors (Lipinski definition) is 2. The van der Waals surface area contributed by atoms with Crippen molar-refractivity contribution < 1.29 is 14.4 Å². The van der Waals surface area contributed by atoms with Gasteiger partial charge >= 0.3 is 6.03 Å². The van der Waals surface area contributed by atoms with Crippen LogP contribution in [0.5, 0.6) is 0 Å². The Bertz CT molecular complexity index is 1200. The average Bonchev–Trinajstić information content (AvgIpc) is 3.22. The highest BCUT2D eigenvalue weighted by atomic mass is 16.2. The van der Waals surface area contributed by atoms with E-state index in [9.17, 15) is 14.4 Å². The van der Waals surface area contributed by atoms with E-state index in [1.54, 1.807) is 9.91 Å². The van der Waals surface area contributed by atoms with E-state index in [1.165, 1.54) is 0 Å². The summed E-state index contributed by atoms with van der Waals surface area (Å²) in [6.45, 7) is 9.67. The Labute approximate surface area is 225 Å². The Morgan fingerprint density at radius 1 is 1.03 bits per heavy atom. The average molecular weight is 518 g/mol. The lowest BCUT2D eigenvalue weighted by atomic mass is 9.75. The minimum atomic E-state index is -0.584. The molecule has 38 heavy (non-hydrogen) atoms. The van der Waals surface area contributed by atoms with Gasteiger partial charge in [0.2, 0.25) is 11.8 Å². The molecule has 202 valence electrons. The fourth-order valence-corrected chi connectivity index (χ4v) is 5.93. The largest absolute Gasteiger partial charge is 0.356 e. The lowest BCUT2D eigenvalue weighted by Crippen LogP contribution is -2.66. The van der Waals surface area contributed by atoms with Gasteiger partial charge < -0.3 is 10.2 Å². The summed E-state index contributed by atoms with van der Waals surface area (Å²) in [4.78, 5) is 44.4. The number of nitrogens with zero attached hydrogens (tertiary/aromatic N) is 3. The number of benzene rings is 2. The first-order chi connectivity index (χ1) is 18.2. The van der Waals surface area contributed by atoms with E-state index in [1.807, 2.05) is 67.3 Å². The predicted octanol–water partition coefficient (Wildman–Crippen LogP) is 3.93. The number of hydrazine groups is 1. The smallest absolute Gasteiger partial charge is 0.337 e. The number of amides is 4. The molecule has 5 rings (SSSR count). The molecule has 8 nitrogen and oxygen atoms in total. The number of carbonyl (C=O) groups is 3. The van der Waals surface area contributed by atoms with Crippen LogP contribution in [0.1, 0.15) is 55.4 Å². The van der Waals surface area contributed by atoms with Gasteiger partial charge in [0.15, 0.2) is 6.29 Å². The lowest BCUT2D eigenvalue weighted by molar-refractivity contribution is -0.159. The molecule has 8 heteroatoms. The van der Waals surface area contributed by atoms with Crippen molar-refractivity contribution in [3.8, 4) is 0 Å². The number of fused-ring (bicyclic) bond motifs is 3. The van der Waals surface area contributed by atoms with Crippen LogP contribution in [0, 0.1) is 31.6 Å². The van der Waals surface area contributed by atoms with Gasteiger partial charge in [0, 0.05) is 25.0 Å². The van der Waals surface area contributed by atoms with Crippen molar-refractivity contribution >= 4 is 17.8 Å². The standard InChI is InChI=1S/C30H39N5O3/c1-19(2)16-31-27(36)23-13-14-25-26(15-23)35-29(33(28(25)37)17-22-11-9-20(3)10-12-22)32-34(30(35)38)18-24-8-6-5-7-21(24)4/h5-12,19,23,25-26,29,32H,13-18H2,1-4H3,(H,31,36). The number of nitrogens with one attached hydrogen (secondary N) is 2. The Balaban J connectivity index is 1.42. The van der Waals surface area contributed by atoms with Crippen molar-refractivity contribution in [3.05, 3.63) is 70.8 Å². The van der Waals surface area contributed by atoms with Crippen LogP contribution in [0.2, 0.25) is 0 Å². The molecule has 0 spiro atoms. The molecular formula is C30H39N5O3. The van der Waals surface area contributed by atoms with Crippen LogP contribution in [0.15, 0.2) is 48.5 Å². The first-order valence-electron chi connectivity index (χ1n) is 13.8. The first kappa shape index (κ1) is 26.2. The maximum atomic E-state index is 13.9. The molecular weight excluding hydrogens is 478 g/mol. The molecule has 4 unspecified atom stereocenters. The highest BCUT2D eigenvalue weighted by molar-refractivity contribution is 5.87. The third-order valence-corrected chi connectivity index (χ3v) is 8.17. The molecule has 4 atom stereocenters. The summed E-state index contributed by atoms with van der Waals surface area (Å²) >= 11 is 0. The van der Waals surface area contributed by atoms with Gasteiger partial charge in [-0.25, -0.2) is 4.79 Å². The van der Waals surface area contributed by atoms with Crippen LogP contribution < -0.4 is 10.7 Å². The van der Waals surface area contributed by atoms with Gasteiger partial charge in [0.1, 0.15) is 0 Å². The minimum Gasteiger partial charge on any atom is -0.356 e. The van der Waals surface area contributed by atoms with Crippen LogP contribution in [0.3, 0.4) is 0 Å². The summed E-state index contributed by atoms with van der Waals surface area (Å²) in [6, 6.07) is 15.7. The number of hydrogen-bond acceptors (Lipinski definition) is 4. The fraction of sp³-hybridized carbons (Fsp3) is 0.500. The van der Waals surface area contributed by atoms with E-state index < -0.39 is 6.29 Å². The van der Waals surface area contributed by atoms with Crippen LogP contribution in [-0.4, -0.2) is 51.5 Å². The van der Waals surface area contributed by atoms with Gasteiger partial charge in [-0.3, -0.25) is 19.5 Å². The third-order valence-electron chi connectivity index (χ3n) is 8.17. The quantitative estimate of drug-likeness (QED) is 0.583.